The Morgan fingerprint density at radius 2 is 2.32 bits per heavy atom. The largest absolute Gasteiger partial charge is 0.377 e. The molecule has 0 bridgehead atoms. The Hall–Kier alpha value is -1.22. The quantitative estimate of drug-likeness (QED) is 0.835. The van der Waals surface area contributed by atoms with Gasteiger partial charge in [0.2, 0.25) is 10.0 Å². The van der Waals surface area contributed by atoms with Crippen molar-refractivity contribution in [2.75, 3.05) is 20.2 Å². The number of aryl methyl sites for hydroxylation is 1. The van der Waals surface area contributed by atoms with Crippen LogP contribution in [0.5, 0.6) is 0 Å². The maximum atomic E-state index is 12.8. The van der Waals surface area contributed by atoms with Gasteiger partial charge in [0.1, 0.15) is 0 Å². The van der Waals surface area contributed by atoms with Crippen LogP contribution in [0, 0.1) is 6.92 Å². The van der Waals surface area contributed by atoms with Gasteiger partial charge in [-0.05, 0) is 25.8 Å². The molecule has 0 amide bonds. The van der Waals surface area contributed by atoms with E-state index in [0.717, 1.165) is 22.6 Å². The Bertz CT molecular complexity index is 731. The van der Waals surface area contributed by atoms with E-state index in [9.17, 15) is 8.42 Å². The highest BCUT2D eigenvalue weighted by Crippen LogP contribution is 2.34. The molecule has 0 radical (unpaired) electrons. The molecule has 1 aliphatic heterocycles. The fourth-order valence-electron chi connectivity index (χ4n) is 2.53. The molecule has 1 saturated heterocycles. The minimum Gasteiger partial charge on any atom is -0.377 e. The van der Waals surface area contributed by atoms with Crippen molar-refractivity contribution in [2.24, 2.45) is 0 Å². The number of rotatable bonds is 5. The summed E-state index contributed by atoms with van der Waals surface area (Å²) in [4.78, 5) is 1.83. The normalized spacial score (nSPS) is 19.1. The van der Waals surface area contributed by atoms with Crippen molar-refractivity contribution in [3.8, 4) is 10.6 Å². The van der Waals surface area contributed by atoms with Crippen LogP contribution in [-0.2, 0) is 14.8 Å². The predicted molar refractivity (Wildman–Crippen MR) is 83.3 cm³/mol. The first kappa shape index (κ1) is 15.7. The van der Waals surface area contributed by atoms with Gasteiger partial charge in [0.05, 0.1) is 22.1 Å². The molecule has 3 rings (SSSR count). The summed E-state index contributed by atoms with van der Waals surface area (Å²) < 4.78 is 37.5. The highest BCUT2D eigenvalue weighted by Gasteiger charge is 2.29. The predicted octanol–water partition coefficient (Wildman–Crippen LogP) is 2.51. The van der Waals surface area contributed by atoms with Crippen LogP contribution in [0.1, 0.15) is 17.7 Å². The van der Waals surface area contributed by atoms with Gasteiger partial charge in [0.25, 0.3) is 0 Å². The third-order valence-corrected chi connectivity index (χ3v) is 6.87. The van der Waals surface area contributed by atoms with Crippen LogP contribution in [0.25, 0.3) is 10.6 Å². The number of hydrogen-bond acceptors (Lipinski definition) is 6. The van der Waals surface area contributed by atoms with Crippen molar-refractivity contribution >= 4 is 21.4 Å². The third kappa shape index (κ3) is 2.96. The van der Waals surface area contributed by atoms with E-state index in [4.69, 9.17) is 9.26 Å². The summed E-state index contributed by atoms with van der Waals surface area (Å²) in [7, 11) is -1.93. The van der Waals surface area contributed by atoms with Gasteiger partial charge in [-0.1, -0.05) is 5.16 Å². The number of likely N-dealkylation sites (N-methyl/N-ethyl adjacent to an activating group) is 1. The summed E-state index contributed by atoms with van der Waals surface area (Å²) in [5.74, 6) is 0.580. The van der Waals surface area contributed by atoms with Crippen molar-refractivity contribution in [1.82, 2.24) is 9.46 Å². The van der Waals surface area contributed by atoms with Crippen LogP contribution in [0.4, 0.5) is 0 Å². The van der Waals surface area contributed by atoms with Crippen molar-refractivity contribution in [1.29, 1.82) is 0 Å². The van der Waals surface area contributed by atoms with Crippen LogP contribution in [0.3, 0.4) is 0 Å². The minimum atomic E-state index is -3.53. The van der Waals surface area contributed by atoms with E-state index in [-0.39, 0.29) is 6.10 Å². The summed E-state index contributed by atoms with van der Waals surface area (Å²) in [6, 6.07) is 3.37. The number of sulfonamides is 1. The van der Waals surface area contributed by atoms with E-state index in [1.807, 2.05) is 0 Å². The lowest BCUT2D eigenvalue weighted by Crippen LogP contribution is -2.34. The second-order valence-electron chi connectivity index (χ2n) is 5.33. The average molecular weight is 342 g/mol. The molecule has 1 aliphatic rings. The highest BCUT2D eigenvalue weighted by atomic mass is 32.2. The SMILES string of the molecule is Cc1sc(-c2ccno2)cc1S(=O)(=O)N(C)CC1CCCO1. The van der Waals surface area contributed by atoms with E-state index in [0.29, 0.717) is 23.8 Å². The number of nitrogens with zero attached hydrogens (tertiary/aromatic N) is 2. The van der Waals surface area contributed by atoms with Gasteiger partial charge in [-0.2, -0.15) is 4.31 Å². The monoisotopic (exact) mass is 342 g/mol. The Morgan fingerprint density at radius 3 is 2.95 bits per heavy atom. The van der Waals surface area contributed by atoms with E-state index < -0.39 is 10.0 Å². The molecule has 0 aliphatic carbocycles. The Labute approximate surface area is 133 Å². The smallest absolute Gasteiger partial charge is 0.244 e. The zero-order chi connectivity index (χ0) is 15.7. The first-order chi connectivity index (χ1) is 10.5. The molecule has 0 spiro atoms. The van der Waals surface area contributed by atoms with Crippen molar-refractivity contribution in [3.05, 3.63) is 23.2 Å². The molecule has 1 fully saturated rings. The van der Waals surface area contributed by atoms with Crippen LogP contribution >= 0.6 is 11.3 Å². The molecule has 3 heterocycles. The topological polar surface area (TPSA) is 72.6 Å². The van der Waals surface area contributed by atoms with Gasteiger partial charge in [0.15, 0.2) is 5.76 Å². The molecular formula is C14H18N2O4S2. The van der Waals surface area contributed by atoms with Crippen molar-refractivity contribution in [3.63, 3.8) is 0 Å². The first-order valence-corrected chi connectivity index (χ1v) is 9.33. The number of ether oxygens (including phenoxy) is 1. The second kappa shape index (κ2) is 6.11. The second-order valence-corrected chi connectivity index (χ2v) is 8.60. The molecule has 0 saturated carbocycles. The third-order valence-electron chi connectivity index (χ3n) is 3.73. The van der Waals surface area contributed by atoms with E-state index >= 15 is 0 Å². The Kier molecular flexibility index (Phi) is 4.35. The Balaban J connectivity index is 1.85. The van der Waals surface area contributed by atoms with Crippen LogP contribution in [-0.4, -0.2) is 44.2 Å². The van der Waals surface area contributed by atoms with Gasteiger partial charge in [-0.3, -0.25) is 0 Å². The molecule has 8 heteroatoms. The summed E-state index contributed by atoms with van der Waals surface area (Å²) >= 11 is 1.39. The molecule has 22 heavy (non-hydrogen) atoms. The maximum Gasteiger partial charge on any atom is 0.244 e. The maximum absolute atomic E-state index is 12.8. The van der Waals surface area contributed by atoms with E-state index in [1.54, 1.807) is 32.3 Å². The molecule has 2 aromatic heterocycles. The molecule has 0 aromatic carbocycles. The molecule has 0 N–H and O–H groups in total. The van der Waals surface area contributed by atoms with Gasteiger partial charge in [-0.25, -0.2) is 8.42 Å². The van der Waals surface area contributed by atoms with Gasteiger partial charge >= 0.3 is 0 Å². The molecule has 120 valence electrons. The summed E-state index contributed by atoms with van der Waals surface area (Å²) in [6.07, 6.45) is 3.44. The molecular weight excluding hydrogens is 324 g/mol. The zero-order valence-corrected chi connectivity index (χ0v) is 14.1. The summed E-state index contributed by atoms with van der Waals surface area (Å²) in [5.41, 5.74) is 0. The average Bonchev–Trinajstić information content (AvgIpc) is 3.18. The van der Waals surface area contributed by atoms with Gasteiger partial charge in [0, 0.05) is 31.1 Å². The lowest BCUT2D eigenvalue weighted by molar-refractivity contribution is 0.0979. The highest BCUT2D eigenvalue weighted by molar-refractivity contribution is 7.89. The van der Waals surface area contributed by atoms with Crippen molar-refractivity contribution in [2.45, 2.75) is 30.8 Å². The summed E-state index contributed by atoms with van der Waals surface area (Å²) in [5, 5.41) is 3.66. The minimum absolute atomic E-state index is 0.00698. The molecule has 6 nitrogen and oxygen atoms in total. The van der Waals surface area contributed by atoms with Gasteiger partial charge in [-0.15, -0.1) is 11.3 Å². The standard InChI is InChI=1S/C14H18N2O4S2/c1-10-14(8-13(21-10)12-5-6-15-20-12)22(17,18)16(2)9-11-4-3-7-19-11/h5-6,8,11H,3-4,7,9H2,1-2H3. The van der Waals surface area contributed by atoms with E-state index in [1.165, 1.54) is 15.6 Å². The fourth-order valence-corrected chi connectivity index (χ4v) is 5.24. The molecule has 2 aromatic rings. The van der Waals surface area contributed by atoms with Crippen LogP contribution in [0.2, 0.25) is 0 Å². The number of thiophene rings is 1. The molecule has 1 atom stereocenters. The van der Waals surface area contributed by atoms with E-state index in [2.05, 4.69) is 5.16 Å². The summed E-state index contributed by atoms with van der Waals surface area (Å²) in [6.45, 7) is 2.90. The molecule has 1 unspecified atom stereocenters. The zero-order valence-electron chi connectivity index (χ0n) is 12.5. The number of aromatic nitrogens is 1. The number of hydrogen-bond donors (Lipinski definition) is 0. The van der Waals surface area contributed by atoms with Crippen molar-refractivity contribution < 1.29 is 17.7 Å². The van der Waals surface area contributed by atoms with Gasteiger partial charge < -0.3 is 9.26 Å². The van der Waals surface area contributed by atoms with Crippen LogP contribution < -0.4 is 0 Å². The Morgan fingerprint density at radius 1 is 1.50 bits per heavy atom. The first-order valence-electron chi connectivity index (χ1n) is 7.08. The lowest BCUT2D eigenvalue weighted by Gasteiger charge is -2.20. The van der Waals surface area contributed by atoms with Crippen LogP contribution in [0.15, 0.2) is 27.7 Å². The lowest BCUT2D eigenvalue weighted by atomic mass is 10.2. The fraction of sp³-hybridized carbons (Fsp3) is 0.500.